The zero-order valence-electron chi connectivity index (χ0n) is 6.91. The van der Waals surface area contributed by atoms with E-state index in [4.69, 9.17) is 16.7 Å². The van der Waals surface area contributed by atoms with Gasteiger partial charge in [0.15, 0.2) is 0 Å². The van der Waals surface area contributed by atoms with E-state index in [9.17, 15) is 0 Å². The van der Waals surface area contributed by atoms with Crippen LogP contribution in [0.3, 0.4) is 0 Å². The van der Waals surface area contributed by atoms with Gasteiger partial charge in [-0.25, -0.2) is 0 Å². The van der Waals surface area contributed by atoms with Crippen LogP contribution >= 0.6 is 0 Å². The number of aromatic nitrogens is 1. The van der Waals surface area contributed by atoms with Crippen molar-refractivity contribution in [1.29, 1.82) is 5.26 Å². The summed E-state index contributed by atoms with van der Waals surface area (Å²) in [5, 5.41) is 8.24. The maximum atomic E-state index is 8.24. The zero-order chi connectivity index (χ0) is 9.68. The minimum atomic E-state index is 0.175. The standard InChI is InChI=1S/C9H8N4/c10-4-2-1-3-7-5-13-6-8(11)9(7)12/h5-6H,2,11H2,(H2,12,13). The molecule has 0 fully saturated rings. The molecule has 1 aromatic rings. The molecule has 4 heteroatoms. The maximum absolute atomic E-state index is 8.24. The Labute approximate surface area is 76.2 Å². The fourth-order valence-electron chi connectivity index (χ4n) is 0.765. The summed E-state index contributed by atoms with van der Waals surface area (Å²) in [5.74, 6) is 5.35. The molecule has 0 unspecified atom stereocenters. The first-order valence-corrected chi connectivity index (χ1v) is 3.60. The molecule has 0 bridgehead atoms. The summed E-state index contributed by atoms with van der Waals surface area (Å²) in [6, 6.07) is 1.91. The van der Waals surface area contributed by atoms with Crippen LogP contribution in [0.5, 0.6) is 0 Å². The number of pyridine rings is 1. The summed E-state index contributed by atoms with van der Waals surface area (Å²) in [6.07, 6.45) is 3.16. The van der Waals surface area contributed by atoms with Crippen LogP contribution < -0.4 is 11.5 Å². The first kappa shape index (κ1) is 8.89. The highest BCUT2D eigenvalue weighted by Gasteiger charge is 1.98. The van der Waals surface area contributed by atoms with E-state index in [1.807, 2.05) is 6.07 Å². The van der Waals surface area contributed by atoms with Crippen molar-refractivity contribution < 1.29 is 0 Å². The summed E-state index contributed by atoms with van der Waals surface area (Å²) in [5.41, 5.74) is 12.5. The van der Waals surface area contributed by atoms with Crippen molar-refractivity contribution in [2.45, 2.75) is 6.42 Å². The molecule has 1 rings (SSSR count). The van der Waals surface area contributed by atoms with Gasteiger partial charge in [-0.2, -0.15) is 5.26 Å². The summed E-state index contributed by atoms with van der Waals surface area (Å²) >= 11 is 0. The Morgan fingerprint density at radius 2 is 2.15 bits per heavy atom. The Morgan fingerprint density at radius 1 is 1.38 bits per heavy atom. The van der Waals surface area contributed by atoms with Crippen LogP contribution in [0.15, 0.2) is 12.4 Å². The third-order valence-corrected chi connectivity index (χ3v) is 1.41. The molecule has 0 saturated carbocycles. The van der Waals surface area contributed by atoms with E-state index < -0.39 is 0 Å². The molecule has 64 valence electrons. The van der Waals surface area contributed by atoms with Crippen LogP contribution in [0, 0.1) is 23.2 Å². The summed E-state index contributed by atoms with van der Waals surface area (Å²) in [4.78, 5) is 3.83. The quantitative estimate of drug-likeness (QED) is 0.558. The number of anilines is 2. The Morgan fingerprint density at radius 3 is 2.85 bits per heavy atom. The van der Waals surface area contributed by atoms with Gasteiger partial charge in [0, 0.05) is 6.20 Å². The lowest BCUT2D eigenvalue weighted by atomic mass is 10.2. The first-order valence-electron chi connectivity index (χ1n) is 3.60. The van der Waals surface area contributed by atoms with Crippen molar-refractivity contribution in [3.8, 4) is 17.9 Å². The normalized spacial score (nSPS) is 8.23. The second kappa shape index (κ2) is 3.99. The molecule has 0 radical (unpaired) electrons. The second-order valence-electron chi connectivity index (χ2n) is 2.33. The lowest BCUT2D eigenvalue weighted by Gasteiger charge is -1.99. The molecule has 1 heterocycles. The van der Waals surface area contributed by atoms with Gasteiger partial charge in [-0.15, -0.1) is 0 Å². The fraction of sp³-hybridized carbons (Fsp3) is 0.111. The van der Waals surface area contributed by atoms with E-state index >= 15 is 0 Å². The average Bonchev–Trinajstić information content (AvgIpc) is 2.13. The molecule has 0 aromatic carbocycles. The first-order chi connectivity index (χ1) is 6.25. The van der Waals surface area contributed by atoms with Crippen LogP contribution in [-0.4, -0.2) is 4.98 Å². The number of nitrogens with two attached hydrogens (primary N) is 2. The van der Waals surface area contributed by atoms with Gasteiger partial charge in [-0.1, -0.05) is 11.8 Å². The summed E-state index contributed by atoms with van der Waals surface area (Å²) in [6.45, 7) is 0. The molecular weight excluding hydrogens is 164 g/mol. The van der Waals surface area contributed by atoms with Crippen LogP contribution in [0.25, 0.3) is 0 Å². The lowest BCUT2D eigenvalue weighted by molar-refractivity contribution is 1.32. The SMILES string of the molecule is N#CCC#Cc1cncc(N)c1N. The molecule has 0 saturated heterocycles. The number of hydrogen-bond donors (Lipinski definition) is 2. The topological polar surface area (TPSA) is 88.7 Å². The summed E-state index contributed by atoms with van der Waals surface area (Å²) in [7, 11) is 0. The van der Waals surface area contributed by atoms with Crippen molar-refractivity contribution in [3.05, 3.63) is 18.0 Å². The number of nitrogen functional groups attached to an aromatic ring is 2. The Kier molecular flexibility index (Phi) is 2.73. The molecular formula is C9H8N4. The van der Waals surface area contributed by atoms with Crippen LogP contribution in [0.1, 0.15) is 12.0 Å². The molecule has 13 heavy (non-hydrogen) atoms. The van der Waals surface area contributed by atoms with Gasteiger partial charge < -0.3 is 11.5 Å². The van der Waals surface area contributed by atoms with Crippen molar-refractivity contribution in [2.75, 3.05) is 11.5 Å². The average molecular weight is 172 g/mol. The van der Waals surface area contributed by atoms with Crippen molar-refractivity contribution >= 4 is 11.4 Å². The van der Waals surface area contributed by atoms with Gasteiger partial charge in [0.1, 0.15) is 0 Å². The van der Waals surface area contributed by atoms with Crippen LogP contribution in [0.2, 0.25) is 0 Å². The number of nitrogens with zero attached hydrogens (tertiary/aromatic N) is 2. The highest BCUT2D eigenvalue weighted by Crippen LogP contribution is 2.15. The number of hydrogen-bond acceptors (Lipinski definition) is 4. The van der Waals surface area contributed by atoms with Crippen molar-refractivity contribution in [1.82, 2.24) is 4.98 Å². The van der Waals surface area contributed by atoms with E-state index in [1.54, 1.807) is 0 Å². The van der Waals surface area contributed by atoms with E-state index in [0.717, 1.165) is 0 Å². The third-order valence-electron chi connectivity index (χ3n) is 1.41. The Balaban J connectivity index is 2.99. The number of rotatable bonds is 0. The molecule has 0 aliphatic heterocycles. The van der Waals surface area contributed by atoms with Gasteiger partial charge in [0.25, 0.3) is 0 Å². The monoisotopic (exact) mass is 172 g/mol. The van der Waals surface area contributed by atoms with Crippen molar-refractivity contribution in [2.24, 2.45) is 0 Å². The minimum absolute atomic E-state index is 0.175. The van der Waals surface area contributed by atoms with E-state index in [0.29, 0.717) is 16.9 Å². The highest BCUT2D eigenvalue weighted by atomic mass is 14.7. The van der Waals surface area contributed by atoms with Gasteiger partial charge >= 0.3 is 0 Å². The van der Waals surface area contributed by atoms with Gasteiger partial charge in [0.05, 0.1) is 35.6 Å². The van der Waals surface area contributed by atoms with Crippen LogP contribution in [-0.2, 0) is 0 Å². The van der Waals surface area contributed by atoms with E-state index in [2.05, 4.69) is 16.8 Å². The maximum Gasteiger partial charge on any atom is 0.0966 e. The number of nitriles is 1. The molecule has 0 aliphatic rings. The smallest absolute Gasteiger partial charge is 0.0966 e. The fourth-order valence-corrected chi connectivity index (χ4v) is 0.765. The predicted octanol–water partition coefficient (Wildman–Crippen LogP) is 0.511. The molecule has 1 aromatic heterocycles. The zero-order valence-corrected chi connectivity index (χ0v) is 6.91. The van der Waals surface area contributed by atoms with Gasteiger partial charge in [0.2, 0.25) is 0 Å². The Bertz CT molecular complexity index is 406. The van der Waals surface area contributed by atoms with E-state index in [-0.39, 0.29) is 6.42 Å². The molecule has 0 amide bonds. The van der Waals surface area contributed by atoms with Gasteiger partial charge in [-0.05, 0) is 0 Å². The Hall–Kier alpha value is -2.20. The third kappa shape index (κ3) is 2.11. The summed E-state index contributed by atoms with van der Waals surface area (Å²) < 4.78 is 0. The molecule has 0 spiro atoms. The molecule has 4 N–H and O–H groups in total. The van der Waals surface area contributed by atoms with Crippen molar-refractivity contribution in [3.63, 3.8) is 0 Å². The minimum Gasteiger partial charge on any atom is -0.396 e. The molecule has 4 nitrogen and oxygen atoms in total. The predicted molar refractivity (Wildman–Crippen MR) is 50.2 cm³/mol. The highest BCUT2D eigenvalue weighted by molar-refractivity contribution is 5.69. The molecule has 0 atom stereocenters. The second-order valence-corrected chi connectivity index (χ2v) is 2.33. The van der Waals surface area contributed by atoms with Crippen LogP contribution in [0.4, 0.5) is 11.4 Å². The largest absolute Gasteiger partial charge is 0.396 e. The molecule has 0 aliphatic carbocycles. The van der Waals surface area contributed by atoms with Gasteiger partial charge in [-0.3, -0.25) is 4.98 Å². The lowest BCUT2D eigenvalue weighted by Crippen LogP contribution is -1.98. The van der Waals surface area contributed by atoms with E-state index in [1.165, 1.54) is 12.4 Å².